The second-order valence-corrected chi connectivity index (χ2v) is 8.81. The molecule has 186 valence electrons. The van der Waals surface area contributed by atoms with E-state index in [9.17, 15) is 14.4 Å². The summed E-state index contributed by atoms with van der Waals surface area (Å²) in [5, 5.41) is 0. The Morgan fingerprint density at radius 3 is 2.19 bits per heavy atom. The monoisotopic (exact) mass is 487 g/mol. The number of carbonyl (C=O) groups is 3. The first kappa shape index (κ1) is 25.0. The van der Waals surface area contributed by atoms with E-state index >= 15 is 0 Å². The van der Waals surface area contributed by atoms with Gasteiger partial charge in [0.05, 0.1) is 19.8 Å². The van der Waals surface area contributed by atoms with E-state index in [1.807, 2.05) is 44.2 Å². The van der Waals surface area contributed by atoms with Gasteiger partial charge in [0.25, 0.3) is 5.91 Å². The number of nitrogens with zero attached hydrogens (tertiary/aromatic N) is 1. The molecular formula is C29H29NO6. The summed E-state index contributed by atoms with van der Waals surface area (Å²) in [5.41, 5.74) is 4.74. The van der Waals surface area contributed by atoms with Crippen molar-refractivity contribution in [1.82, 2.24) is 4.90 Å². The molecule has 4 rings (SSSR count). The van der Waals surface area contributed by atoms with E-state index in [0.29, 0.717) is 36.6 Å². The molecule has 0 radical (unpaired) electrons. The van der Waals surface area contributed by atoms with E-state index in [4.69, 9.17) is 14.2 Å². The van der Waals surface area contributed by atoms with Gasteiger partial charge in [-0.3, -0.25) is 9.59 Å². The molecule has 1 heterocycles. The molecule has 1 amide bonds. The van der Waals surface area contributed by atoms with Crippen LogP contribution in [0.25, 0.3) is 0 Å². The van der Waals surface area contributed by atoms with Gasteiger partial charge in [0, 0.05) is 24.2 Å². The summed E-state index contributed by atoms with van der Waals surface area (Å²) >= 11 is 0. The van der Waals surface area contributed by atoms with Gasteiger partial charge in [0.2, 0.25) is 0 Å². The number of ketones is 1. The molecule has 3 aromatic carbocycles. The molecule has 0 saturated carbocycles. The fourth-order valence-corrected chi connectivity index (χ4v) is 4.38. The Balaban J connectivity index is 1.45. The fraction of sp³-hybridized carbons (Fsp3) is 0.276. The Hall–Kier alpha value is -4.13. The molecule has 0 aromatic heterocycles. The minimum absolute atomic E-state index is 0.136. The summed E-state index contributed by atoms with van der Waals surface area (Å²) in [6, 6.07) is 15.9. The molecule has 3 aromatic rings. The van der Waals surface area contributed by atoms with Crippen LogP contribution in [0, 0.1) is 13.8 Å². The normalized spacial score (nSPS) is 12.5. The van der Waals surface area contributed by atoms with Gasteiger partial charge in [0.15, 0.2) is 23.9 Å². The SMILES string of the molecule is COc1cc2c(cc1OC)CN(C(=O)COC(=O)c1ccccc1C(=O)c1cc(C)ccc1C)CC2. The summed E-state index contributed by atoms with van der Waals surface area (Å²) in [6.07, 6.45) is 0.655. The molecule has 0 atom stereocenters. The highest BCUT2D eigenvalue weighted by Gasteiger charge is 2.25. The number of rotatable bonds is 7. The Bertz CT molecular complexity index is 1330. The molecule has 7 nitrogen and oxygen atoms in total. The second-order valence-electron chi connectivity index (χ2n) is 8.81. The Kier molecular flexibility index (Phi) is 7.38. The number of carbonyl (C=O) groups excluding carboxylic acids is 3. The molecule has 0 unspecified atom stereocenters. The van der Waals surface area contributed by atoms with Gasteiger partial charge in [-0.2, -0.15) is 0 Å². The quantitative estimate of drug-likeness (QED) is 0.365. The molecule has 0 fully saturated rings. The molecule has 1 aliphatic heterocycles. The Morgan fingerprint density at radius 2 is 1.50 bits per heavy atom. The summed E-state index contributed by atoms with van der Waals surface area (Å²) in [7, 11) is 3.16. The van der Waals surface area contributed by atoms with Gasteiger partial charge in [-0.1, -0.05) is 35.9 Å². The third-order valence-electron chi connectivity index (χ3n) is 6.43. The zero-order valence-corrected chi connectivity index (χ0v) is 20.9. The second kappa shape index (κ2) is 10.6. The number of esters is 1. The zero-order chi connectivity index (χ0) is 25.8. The van der Waals surface area contributed by atoms with E-state index in [1.54, 1.807) is 43.4 Å². The van der Waals surface area contributed by atoms with Crippen LogP contribution in [0.2, 0.25) is 0 Å². The van der Waals surface area contributed by atoms with Crippen molar-refractivity contribution in [3.63, 3.8) is 0 Å². The average molecular weight is 488 g/mol. The minimum atomic E-state index is -0.707. The van der Waals surface area contributed by atoms with Crippen molar-refractivity contribution in [2.24, 2.45) is 0 Å². The van der Waals surface area contributed by atoms with Crippen LogP contribution in [0.4, 0.5) is 0 Å². The van der Waals surface area contributed by atoms with Gasteiger partial charge in [-0.15, -0.1) is 0 Å². The molecule has 36 heavy (non-hydrogen) atoms. The van der Waals surface area contributed by atoms with Crippen molar-refractivity contribution in [3.8, 4) is 11.5 Å². The zero-order valence-electron chi connectivity index (χ0n) is 20.9. The van der Waals surface area contributed by atoms with Gasteiger partial charge in [-0.05, 0) is 61.2 Å². The molecular weight excluding hydrogens is 458 g/mol. The van der Waals surface area contributed by atoms with E-state index in [-0.39, 0.29) is 22.8 Å². The van der Waals surface area contributed by atoms with Gasteiger partial charge < -0.3 is 19.1 Å². The van der Waals surface area contributed by atoms with E-state index < -0.39 is 12.6 Å². The number of fused-ring (bicyclic) bond motifs is 1. The van der Waals surface area contributed by atoms with Crippen molar-refractivity contribution >= 4 is 17.7 Å². The number of ether oxygens (including phenoxy) is 3. The van der Waals surface area contributed by atoms with Crippen LogP contribution < -0.4 is 9.47 Å². The lowest BCUT2D eigenvalue weighted by Gasteiger charge is -2.29. The Labute approximate surface area is 210 Å². The average Bonchev–Trinajstić information content (AvgIpc) is 2.91. The first-order valence-electron chi connectivity index (χ1n) is 11.7. The molecule has 0 spiro atoms. The van der Waals surface area contributed by atoms with Crippen molar-refractivity contribution in [2.75, 3.05) is 27.4 Å². The van der Waals surface area contributed by atoms with Gasteiger partial charge in [-0.25, -0.2) is 4.79 Å². The van der Waals surface area contributed by atoms with Crippen molar-refractivity contribution in [1.29, 1.82) is 0 Å². The summed E-state index contributed by atoms with van der Waals surface area (Å²) in [5.74, 6) is -0.0169. The van der Waals surface area contributed by atoms with Crippen molar-refractivity contribution < 1.29 is 28.6 Å². The summed E-state index contributed by atoms with van der Waals surface area (Å²) in [4.78, 5) is 40.7. The molecule has 1 aliphatic rings. The molecule has 0 aliphatic carbocycles. The lowest BCUT2D eigenvalue weighted by atomic mass is 9.94. The van der Waals surface area contributed by atoms with Crippen LogP contribution in [0.1, 0.15) is 48.5 Å². The van der Waals surface area contributed by atoms with Crippen molar-refractivity contribution in [2.45, 2.75) is 26.8 Å². The number of benzene rings is 3. The Morgan fingerprint density at radius 1 is 0.833 bits per heavy atom. The van der Waals surface area contributed by atoms with Crippen LogP contribution >= 0.6 is 0 Å². The maximum Gasteiger partial charge on any atom is 0.339 e. The number of hydrogen-bond acceptors (Lipinski definition) is 6. The summed E-state index contributed by atoms with van der Waals surface area (Å²) < 4.78 is 16.1. The predicted molar refractivity (Wildman–Crippen MR) is 135 cm³/mol. The first-order valence-corrected chi connectivity index (χ1v) is 11.7. The highest BCUT2D eigenvalue weighted by molar-refractivity contribution is 6.15. The third-order valence-corrected chi connectivity index (χ3v) is 6.43. The number of aryl methyl sites for hydroxylation is 2. The maximum absolute atomic E-state index is 13.2. The highest BCUT2D eigenvalue weighted by atomic mass is 16.5. The maximum atomic E-state index is 13.2. The van der Waals surface area contributed by atoms with Crippen LogP contribution in [0.3, 0.4) is 0 Å². The first-order chi connectivity index (χ1) is 17.3. The van der Waals surface area contributed by atoms with E-state index in [2.05, 4.69) is 0 Å². The largest absolute Gasteiger partial charge is 0.493 e. The smallest absolute Gasteiger partial charge is 0.339 e. The lowest BCUT2D eigenvalue weighted by Crippen LogP contribution is -2.38. The number of amides is 1. The van der Waals surface area contributed by atoms with E-state index in [0.717, 1.165) is 22.3 Å². The number of methoxy groups -OCH3 is 2. The third kappa shape index (κ3) is 5.10. The molecule has 0 N–H and O–H groups in total. The van der Waals surface area contributed by atoms with Crippen LogP contribution in [0.5, 0.6) is 11.5 Å². The number of hydrogen-bond donors (Lipinski definition) is 0. The highest BCUT2D eigenvalue weighted by Crippen LogP contribution is 2.33. The van der Waals surface area contributed by atoms with Crippen LogP contribution in [0.15, 0.2) is 54.6 Å². The molecule has 0 bridgehead atoms. The van der Waals surface area contributed by atoms with Crippen LogP contribution in [-0.2, 0) is 22.5 Å². The molecule has 0 saturated heterocycles. The van der Waals surface area contributed by atoms with Gasteiger partial charge in [0.1, 0.15) is 0 Å². The topological polar surface area (TPSA) is 82.1 Å². The molecule has 7 heteroatoms. The van der Waals surface area contributed by atoms with E-state index in [1.165, 1.54) is 0 Å². The predicted octanol–water partition coefficient (Wildman–Crippen LogP) is 4.29. The standard InChI is InChI=1S/C29H29NO6/c1-18-9-10-19(2)24(13-18)28(32)22-7-5-6-8-23(22)29(33)36-17-27(31)30-12-11-20-14-25(34-3)26(35-4)15-21(20)16-30/h5-10,13-15H,11-12,16-17H2,1-4H3. The van der Waals surface area contributed by atoms with Gasteiger partial charge >= 0.3 is 5.97 Å². The fourth-order valence-electron chi connectivity index (χ4n) is 4.38. The van der Waals surface area contributed by atoms with Crippen LogP contribution in [-0.4, -0.2) is 49.9 Å². The summed E-state index contributed by atoms with van der Waals surface area (Å²) in [6.45, 7) is 4.24. The van der Waals surface area contributed by atoms with Crippen molar-refractivity contribution in [3.05, 3.63) is 93.5 Å². The lowest BCUT2D eigenvalue weighted by molar-refractivity contribution is -0.135. The minimum Gasteiger partial charge on any atom is -0.493 e.